The topological polar surface area (TPSA) is 52.6 Å². The van der Waals surface area contributed by atoms with E-state index in [0.717, 1.165) is 21.3 Å². The molecular formula is C35H60Br2N2O4. The number of hydrogen-bond acceptors (Lipinski definition) is 4. The Kier molecular flexibility index (Phi) is 10.9. The van der Waals surface area contributed by atoms with Crippen molar-refractivity contribution in [2.24, 2.45) is 34.5 Å². The van der Waals surface area contributed by atoms with Crippen molar-refractivity contribution in [2.75, 3.05) is 40.3 Å². The fraction of sp³-hybridized carbons (Fsp3) is 0.943. The maximum absolute atomic E-state index is 12.5. The summed E-state index contributed by atoms with van der Waals surface area (Å²) < 4.78 is 14.7. The summed E-state index contributed by atoms with van der Waals surface area (Å²) in [4.78, 5) is 24.8. The maximum Gasteiger partial charge on any atom is 0.303 e. The van der Waals surface area contributed by atoms with Crippen LogP contribution in [0.3, 0.4) is 0 Å². The smallest absolute Gasteiger partial charge is 0.303 e. The molecule has 0 spiro atoms. The number of nitrogens with zero attached hydrogens (tertiary/aromatic N) is 2. The van der Waals surface area contributed by atoms with Crippen molar-refractivity contribution < 1.29 is 62.0 Å². The first-order valence-electron chi connectivity index (χ1n) is 17.4. The van der Waals surface area contributed by atoms with Crippen LogP contribution >= 0.6 is 0 Å². The van der Waals surface area contributed by atoms with Crippen LogP contribution in [0.2, 0.25) is 0 Å². The minimum atomic E-state index is -0.0998. The number of fused-ring (bicyclic) bond motifs is 5. The van der Waals surface area contributed by atoms with Gasteiger partial charge < -0.3 is 52.4 Å². The van der Waals surface area contributed by atoms with Crippen molar-refractivity contribution in [2.45, 2.75) is 135 Å². The molecule has 0 aromatic carbocycles. The van der Waals surface area contributed by atoms with E-state index >= 15 is 0 Å². The first-order valence-corrected chi connectivity index (χ1v) is 17.4. The van der Waals surface area contributed by atoms with E-state index in [4.69, 9.17) is 9.47 Å². The predicted molar refractivity (Wildman–Crippen MR) is 161 cm³/mol. The second-order valence-corrected chi connectivity index (χ2v) is 16.7. The Morgan fingerprint density at radius 3 is 1.79 bits per heavy atom. The lowest BCUT2D eigenvalue weighted by atomic mass is 9.44. The van der Waals surface area contributed by atoms with E-state index < -0.39 is 0 Å². The van der Waals surface area contributed by atoms with Crippen LogP contribution in [0.25, 0.3) is 0 Å². The summed E-state index contributed by atoms with van der Waals surface area (Å²) in [7, 11) is 4.94. The highest BCUT2D eigenvalue weighted by molar-refractivity contribution is 5.66. The lowest BCUT2D eigenvalue weighted by Gasteiger charge is -2.63. The van der Waals surface area contributed by atoms with Crippen LogP contribution in [0.1, 0.15) is 111 Å². The zero-order valence-electron chi connectivity index (χ0n) is 27.9. The van der Waals surface area contributed by atoms with Gasteiger partial charge in [0.15, 0.2) is 12.2 Å². The van der Waals surface area contributed by atoms with Crippen LogP contribution in [-0.2, 0) is 19.1 Å². The number of ether oxygens (including phenoxy) is 2. The molecule has 2 aliphatic heterocycles. The summed E-state index contributed by atoms with van der Waals surface area (Å²) in [6, 6.07) is 0.846. The van der Waals surface area contributed by atoms with Gasteiger partial charge in [-0.05, 0) is 99.7 Å². The first-order chi connectivity index (χ1) is 19.4. The molecule has 2 heterocycles. The zero-order chi connectivity index (χ0) is 29.2. The molecule has 2 saturated heterocycles. The van der Waals surface area contributed by atoms with Crippen LogP contribution in [0.4, 0.5) is 0 Å². The number of carbonyl (C=O) groups excluding carboxylic acids is 2. The molecule has 248 valence electrons. The average molecular weight is 733 g/mol. The fourth-order valence-electron chi connectivity index (χ4n) is 12.3. The third-order valence-electron chi connectivity index (χ3n) is 14.5. The van der Waals surface area contributed by atoms with Gasteiger partial charge in [0, 0.05) is 32.1 Å². The van der Waals surface area contributed by atoms with Crippen molar-refractivity contribution >= 4 is 11.9 Å². The minimum Gasteiger partial charge on any atom is -1.00 e. The third kappa shape index (κ3) is 6.15. The van der Waals surface area contributed by atoms with Gasteiger partial charge in [-0.25, -0.2) is 0 Å². The molecular weight excluding hydrogens is 672 g/mol. The van der Waals surface area contributed by atoms with Crippen LogP contribution in [-0.4, -0.2) is 85.5 Å². The molecule has 0 aromatic rings. The van der Waals surface area contributed by atoms with Crippen LogP contribution < -0.4 is 34.0 Å². The predicted octanol–water partition coefficient (Wildman–Crippen LogP) is 0.119. The number of quaternary nitrogens is 2. The fourth-order valence-corrected chi connectivity index (χ4v) is 12.3. The second-order valence-electron chi connectivity index (χ2n) is 16.7. The van der Waals surface area contributed by atoms with E-state index in [1.165, 1.54) is 103 Å². The van der Waals surface area contributed by atoms with Crippen LogP contribution in [0, 0.1) is 34.5 Å². The lowest BCUT2D eigenvalue weighted by Crippen LogP contribution is -3.00. The molecule has 0 N–H and O–H groups in total. The van der Waals surface area contributed by atoms with E-state index in [2.05, 4.69) is 27.9 Å². The van der Waals surface area contributed by atoms with E-state index in [-0.39, 0.29) is 63.5 Å². The normalized spacial score (nSPS) is 44.7. The van der Waals surface area contributed by atoms with Gasteiger partial charge in [0.05, 0.1) is 40.3 Å². The molecule has 10 atom stereocenters. The van der Waals surface area contributed by atoms with E-state index in [1.54, 1.807) is 13.8 Å². The highest BCUT2D eigenvalue weighted by Crippen LogP contribution is 2.68. The van der Waals surface area contributed by atoms with Gasteiger partial charge in [-0.1, -0.05) is 13.8 Å². The van der Waals surface area contributed by atoms with E-state index in [9.17, 15) is 9.59 Å². The molecule has 0 radical (unpaired) electrons. The molecule has 6 fully saturated rings. The largest absolute Gasteiger partial charge is 1.00 e. The first kappa shape index (κ1) is 35.7. The Labute approximate surface area is 283 Å². The SMILES string of the molecule is CC(=O)OC1C([N+]2(C)CCCCC2)C[C@H]2C3CC[C@H]4C[C@H](OC(C)=O)C([N+]5(C)CCCCC5)CC4(C)[C@H]3CCC12C.[Br-].[Br-]. The number of likely N-dealkylation sites (N-methyl/N-ethyl adjacent to an activating group) is 2. The Morgan fingerprint density at radius 2 is 1.23 bits per heavy atom. The van der Waals surface area contributed by atoms with Gasteiger partial charge in [0.1, 0.15) is 12.1 Å². The Hall–Kier alpha value is -0.180. The van der Waals surface area contributed by atoms with Gasteiger partial charge in [-0.3, -0.25) is 9.59 Å². The highest BCUT2D eigenvalue weighted by atomic mass is 79.9. The third-order valence-corrected chi connectivity index (χ3v) is 14.5. The quantitative estimate of drug-likeness (QED) is 0.305. The molecule has 6 unspecified atom stereocenters. The summed E-state index contributed by atoms with van der Waals surface area (Å²) in [6.07, 6.45) is 16.4. The molecule has 8 heteroatoms. The standard InChI is InChI=1S/C35H60N2O4.2BrH/c1-24(38)40-32-21-26-13-14-27-28(35(26,4)23-31(32)37(6)19-11-8-12-20-37)15-16-34(3)29(27)22-30(33(34)41-25(2)39)36(5)17-9-7-10-18-36;;/h26-33H,7-23H2,1-6H3;2*1H/q+2;;/p-2/t26-,27?,28-,29-,30?,31?,32-,33?,34?,35?;;/m0../s1. The monoisotopic (exact) mass is 730 g/mol. The van der Waals surface area contributed by atoms with Crippen molar-refractivity contribution in [1.29, 1.82) is 0 Å². The Morgan fingerprint density at radius 1 is 0.674 bits per heavy atom. The number of halogens is 2. The summed E-state index contributed by atoms with van der Waals surface area (Å²) in [5.74, 6) is 2.52. The van der Waals surface area contributed by atoms with E-state index in [1.807, 2.05) is 0 Å². The van der Waals surface area contributed by atoms with Gasteiger partial charge in [0.2, 0.25) is 0 Å². The van der Waals surface area contributed by atoms with Crippen molar-refractivity contribution in [3.63, 3.8) is 0 Å². The molecule has 0 aromatic heterocycles. The summed E-state index contributed by atoms with van der Waals surface area (Å²) >= 11 is 0. The zero-order valence-corrected chi connectivity index (χ0v) is 31.1. The Bertz CT molecular complexity index is 1010. The lowest BCUT2D eigenvalue weighted by molar-refractivity contribution is -0.943. The summed E-state index contributed by atoms with van der Waals surface area (Å²) in [6.45, 7) is 13.3. The van der Waals surface area contributed by atoms with Crippen molar-refractivity contribution in [3.05, 3.63) is 0 Å². The second kappa shape index (κ2) is 13.1. The molecule has 4 saturated carbocycles. The molecule has 6 nitrogen and oxygen atoms in total. The molecule has 0 bridgehead atoms. The van der Waals surface area contributed by atoms with Gasteiger partial charge in [-0.15, -0.1) is 0 Å². The van der Waals surface area contributed by atoms with Crippen molar-refractivity contribution in [3.8, 4) is 0 Å². The number of hydrogen-bond donors (Lipinski definition) is 0. The molecule has 4 aliphatic carbocycles. The number of esters is 2. The molecule has 6 aliphatic rings. The number of likely N-dealkylation sites (tertiary alicyclic amines) is 2. The molecule has 0 amide bonds. The molecule has 6 rings (SSSR count). The van der Waals surface area contributed by atoms with Crippen LogP contribution in [0.5, 0.6) is 0 Å². The van der Waals surface area contributed by atoms with Gasteiger partial charge >= 0.3 is 11.9 Å². The molecule has 43 heavy (non-hydrogen) atoms. The summed E-state index contributed by atoms with van der Waals surface area (Å²) in [5, 5.41) is 0. The van der Waals surface area contributed by atoms with Gasteiger partial charge in [-0.2, -0.15) is 0 Å². The number of piperidine rings is 2. The number of rotatable bonds is 4. The van der Waals surface area contributed by atoms with Gasteiger partial charge in [0.25, 0.3) is 0 Å². The average Bonchev–Trinajstić information content (AvgIpc) is 3.21. The highest BCUT2D eigenvalue weighted by Gasteiger charge is 2.68. The van der Waals surface area contributed by atoms with E-state index in [0.29, 0.717) is 35.3 Å². The minimum absolute atomic E-state index is 0. The number of carbonyl (C=O) groups is 2. The van der Waals surface area contributed by atoms with Crippen molar-refractivity contribution in [1.82, 2.24) is 0 Å². The summed E-state index contributed by atoms with van der Waals surface area (Å²) in [5.41, 5.74) is 0.377. The van der Waals surface area contributed by atoms with Crippen LogP contribution in [0.15, 0.2) is 0 Å². The maximum atomic E-state index is 12.5. The Balaban J connectivity index is 0.00000212.